The molecule has 6 heteroatoms. The Labute approximate surface area is 161 Å². The minimum Gasteiger partial charge on any atom is -0.494 e. The fraction of sp³-hybridized carbons (Fsp3) is 0.0455. The third kappa shape index (κ3) is 3.35. The predicted molar refractivity (Wildman–Crippen MR) is 106 cm³/mol. The number of hydrogen-bond donors (Lipinski definition) is 1. The first-order chi connectivity index (χ1) is 13.7. The van der Waals surface area contributed by atoms with Crippen LogP contribution in [0.25, 0.3) is 28.1 Å². The van der Waals surface area contributed by atoms with E-state index < -0.39 is 5.97 Å². The van der Waals surface area contributed by atoms with Crippen LogP contribution in [0.4, 0.5) is 0 Å². The van der Waals surface area contributed by atoms with Crippen LogP contribution in [0, 0.1) is 0 Å². The van der Waals surface area contributed by atoms with Crippen LogP contribution in [0.1, 0.15) is 10.4 Å². The maximum absolute atomic E-state index is 11.2. The molecule has 0 aliphatic carbocycles. The molecule has 4 rings (SSSR count). The van der Waals surface area contributed by atoms with Gasteiger partial charge in [-0.15, -0.1) is 5.10 Å². The number of methoxy groups -OCH3 is 1. The molecule has 1 heterocycles. The van der Waals surface area contributed by atoms with Crippen LogP contribution in [-0.4, -0.2) is 33.2 Å². The van der Waals surface area contributed by atoms with Crippen LogP contribution >= 0.6 is 0 Å². The Bertz CT molecular complexity index is 1140. The van der Waals surface area contributed by atoms with Crippen LogP contribution in [0.15, 0.2) is 79.0 Å². The van der Waals surface area contributed by atoms with E-state index >= 15 is 0 Å². The van der Waals surface area contributed by atoms with Gasteiger partial charge in [0, 0.05) is 5.56 Å². The molecule has 0 unspecified atom stereocenters. The van der Waals surface area contributed by atoms with Gasteiger partial charge in [-0.25, -0.2) is 9.48 Å². The van der Waals surface area contributed by atoms with Gasteiger partial charge in [0.2, 0.25) is 0 Å². The van der Waals surface area contributed by atoms with Gasteiger partial charge in [-0.05, 0) is 35.4 Å². The molecule has 4 aromatic rings. The minimum atomic E-state index is -0.979. The van der Waals surface area contributed by atoms with E-state index in [1.165, 1.54) is 0 Å². The molecule has 0 radical (unpaired) electrons. The molecule has 28 heavy (non-hydrogen) atoms. The lowest BCUT2D eigenvalue weighted by Gasteiger charge is -2.10. The zero-order valence-corrected chi connectivity index (χ0v) is 15.1. The Hall–Kier alpha value is -3.93. The van der Waals surface area contributed by atoms with Crippen molar-refractivity contribution in [3.05, 3.63) is 84.6 Å². The molecule has 0 aliphatic rings. The van der Waals surface area contributed by atoms with Crippen molar-refractivity contribution < 1.29 is 14.6 Å². The summed E-state index contributed by atoms with van der Waals surface area (Å²) in [5.74, 6) is -0.315. The summed E-state index contributed by atoms with van der Waals surface area (Å²) in [6.45, 7) is 0. The number of ether oxygens (including phenoxy) is 1. The summed E-state index contributed by atoms with van der Waals surface area (Å²) in [5.41, 5.74) is 4.35. The first-order valence-corrected chi connectivity index (χ1v) is 8.65. The molecule has 0 bridgehead atoms. The van der Waals surface area contributed by atoms with Gasteiger partial charge in [-0.1, -0.05) is 53.7 Å². The third-order valence-electron chi connectivity index (χ3n) is 4.43. The highest BCUT2D eigenvalue weighted by atomic mass is 16.5. The number of carbonyl (C=O) groups is 1. The van der Waals surface area contributed by atoms with Gasteiger partial charge in [0.1, 0.15) is 17.1 Å². The Morgan fingerprint density at radius 3 is 2.46 bits per heavy atom. The number of carboxylic acids is 1. The lowest BCUT2D eigenvalue weighted by molar-refractivity contribution is 0.0697. The molecule has 1 N–H and O–H groups in total. The normalized spacial score (nSPS) is 10.6. The second-order valence-electron chi connectivity index (χ2n) is 6.19. The number of aromatic carboxylic acids is 1. The Morgan fingerprint density at radius 2 is 1.71 bits per heavy atom. The molecule has 0 fully saturated rings. The largest absolute Gasteiger partial charge is 0.494 e. The van der Waals surface area contributed by atoms with Crippen LogP contribution in [0.3, 0.4) is 0 Å². The summed E-state index contributed by atoms with van der Waals surface area (Å²) in [4.78, 5) is 11.2. The second-order valence-corrected chi connectivity index (χ2v) is 6.19. The lowest BCUT2D eigenvalue weighted by Crippen LogP contribution is -1.99. The number of hydrogen-bond acceptors (Lipinski definition) is 4. The van der Waals surface area contributed by atoms with Crippen molar-refractivity contribution in [3.63, 3.8) is 0 Å². The van der Waals surface area contributed by atoms with E-state index in [0.29, 0.717) is 17.0 Å². The van der Waals surface area contributed by atoms with Crippen molar-refractivity contribution >= 4 is 5.97 Å². The molecular weight excluding hydrogens is 354 g/mol. The van der Waals surface area contributed by atoms with Crippen molar-refractivity contribution in [1.29, 1.82) is 0 Å². The third-order valence-corrected chi connectivity index (χ3v) is 4.43. The van der Waals surface area contributed by atoms with E-state index in [1.54, 1.807) is 42.3 Å². The Balaban J connectivity index is 1.70. The van der Waals surface area contributed by atoms with E-state index in [9.17, 15) is 4.79 Å². The van der Waals surface area contributed by atoms with Gasteiger partial charge in [-0.2, -0.15) is 0 Å². The second kappa shape index (κ2) is 7.36. The average molecular weight is 371 g/mol. The number of nitrogens with zero attached hydrogens (tertiary/aromatic N) is 3. The highest BCUT2D eigenvalue weighted by Gasteiger charge is 2.12. The van der Waals surface area contributed by atoms with Crippen molar-refractivity contribution in [3.8, 4) is 33.8 Å². The van der Waals surface area contributed by atoms with Gasteiger partial charge >= 0.3 is 5.97 Å². The van der Waals surface area contributed by atoms with Crippen molar-refractivity contribution in [1.82, 2.24) is 15.0 Å². The van der Waals surface area contributed by atoms with Gasteiger partial charge in [-0.3, -0.25) is 0 Å². The quantitative estimate of drug-likeness (QED) is 0.566. The van der Waals surface area contributed by atoms with E-state index in [0.717, 1.165) is 16.8 Å². The van der Waals surface area contributed by atoms with Gasteiger partial charge in [0.05, 0.1) is 18.9 Å². The first-order valence-electron chi connectivity index (χ1n) is 8.65. The number of carboxylic acid groups (broad SMARTS) is 1. The van der Waals surface area contributed by atoms with Crippen LogP contribution < -0.4 is 4.74 Å². The summed E-state index contributed by atoms with van der Waals surface area (Å²) in [6.07, 6.45) is 1.75. The monoisotopic (exact) mass is 371 g/mol. The van der Waals surface area contributed by atoms with Crippen LogP contribution in [0.5, 0.6) is 5.75 Å². The minimum absolute atomic E-state index is 0.205. The molecule has 0 amide bonds. The fourth-order valence-electron chi connectivity index (χ4n) is 3.00. The van der Waals surface area contributed by atoms with Crippen molar-refractivity contribution in [2.24, 2.45) is 0 Å². The summed E-state index contributed by atoms with van der Waals surface area (Å²) >= 11 is 0. The fourth-order valence-corrected chi connectivity index (χ4v) is 3.00. The molecule has 138 valence electrons. The maximum Gasteiger partial charge on any atom is 0.335 e. The SMILES string of the molecule is COc1cc(-c2ccccc2)ccc1-n1cc(-c2cccc(C(=O)O)c2)nn1. The van der Waals surface area contributed by atoms with Gasteiger partial charge in [0.15, 0.2) is 0 Å². The number of aromatic nitrogens is 3. The highest BCUT2D eigenvalue weighted by molar-refractivity contribution is 5.89. The van der Waals surface area contributed by atoms with Gasteiger partial charge in [0.25, 0.3) is 0 Å². The molecule has 0 spiro atoms. The molecule has 0 atom stereocenters. The molecule has 1 aromatic heterocycles. The number of benzene rings is 3. The van der Waals surface area contributed by atoms with E-state index in [4.69, 9.17) is 9.84 Å². The zero-order valence-electron chi connectivity index (χ0n) is 15.1. The zero-order chi connectivity index (χ0) is 19.5. The lowest BCUT2D eigenvalue weighted by atomic mass is 10.0. The van der Waals surface area contributed by atoms with Crippen LogP contribution in [0.2, 0.25) is 0 Å². The van der Waals surface area contributed by atoms with E-state index in [2.05, 4.69) is 10.3 Å². The van der Waals surface area contributed by atoms with Crippen molar-refractivity contribution in [2.75, 3.05) is 7.11 Å². The van der Waals surface area contributed by atoms with E-state index in [1.807, 2.05) is 48.5 Å². The van der Waals surface area contributed by atoms with Crippen LogP contribution in [-0.2, 0) is 0 Å². The summed E-state index contributed by atoms with van der Waals surface area (Å²) in [6, 6.07) is 22.5. The molecule has 6 nitrogen and oxygen atoms in total. The van der Waals surface area contributed by atoms with Gasteiger partial charge < -0.3 is 9.84 Å². The summed E-state index contributed by atoms with van der Waals surface area (Å²) in [5, 5.41) is 17.5. The Morgan fingerprint density at radius 1 is 0.929 bits per heavy atom. The molecule has 0 aliphatic heterocycles. The molecule has 0 saturated heterocycles. The standard InChI is InChI=1S/C22H17N3O3/c1-28-21-13-16(15-6-3-2-4-7-15)10-11-20(21)25-14-19(23-24-25)17-8-5-9-18(12-17)22(26)27/h2-14H,1H3,(H,26,27). The van der Waals surface area contributed by atoms with E-state index in [-0.39, 0.29) is 5.56 Å². The summed E-state index contributed by atoms with van der Waals surface area (Å²) < 4.78 is 7.18. The molecule has 0 saturated carbocycles. The predicted octanol–water partition coefficient (Wildman–Crippen LogP) is 4.31. The average Bonchev–Trinajstić information content (AvgIpc) is 3.24. The smallest absolute Gasteiger partial charge is 0.335 e. The summed E-state index contributed by atoms with van der Waals surface area (Å²) in [7, 11) is 1.61. The molecule has 3 aromatic carbocycles. The first kappa shape index (κ1) is 17.5. The number of rotatable bonds is 5. The maximum atomic E-state index is 11.2. The van der Waals surface area contributed by atoms with Crippen molar-refractivity contribution in [2.45, 2.75) is 0 Å². The Kier molecular flexibility index (Phi) is 4.60. The highest BCUT2D eigenvalue weighted by Crippen LogP contribution is 2.30. The topological polar surface area (TPSA) is 77.2 Å². The molecular formula is C22H17N3O3.